The van der Waals surface area contributed by atoms with E-state index in [1.165, 1.54) is 6.42 Å². The summed E-state index contributed by atoms with van der Waals surface area (Å²) in [6.45, 7) is 1.60. The van der Waals surface area contributed by atoms with Gasteiger partial charge in [-0.3, -0.25) is 4.79 Å². The van der Waals surface area contributed by atoms with Gasteiger partial charge in [-0.1, -0.05) is 6.42 Å². The van der Waals surface area contributed by atoms with Gasteiger partial charge in [0, 0.05) is 25.2 Å². The fourth-order valence-corrected chi connectivity index (χ4v) is 1.83. The summed E-state index contributed by atoms with van der Waals surface area (Å²) >= 11 is 0. The Morgan fingerprint density at radius 3 is 2.38 bits per heavy atom. The quantitative estimate of drug-likeness (QED) is 0.695. The highest BCUT2D eigenvalue weighted by atomic mass is 16.5. The van der Waals surface area contributed by atoms with Gasteiger partial charge in [-0.2, -0.15) is 0 Å². The van der Waals surface area contributed by atoms with Crippen LogP contribution in [0.2, 0.25) is 0 Å². The Hall–Kier alpha value is -0.570. The van der Waals surface area contributed by atoms with Crippen LogP contribution in [0.3, 0.4) is 0 Å². The number of nitrogens with one attached hydrogen (secondary N) is 1. The molecule has 0 radical (unpaired) electrons. The van der Waals surface area contributed by atoms with Crippen LogP contribution in [0.1, 0.15) is 32.1 Å². The molecule has 1 aliphatic heterocycles. The van der Waals surface area contributed by atoms with E-state index < -0.39 is 0 Å². The molecule has 0 spiro atoms. The van der Waals surface area contributed by atoms with Gasteiger partial charge in [0.15, 0.2) is 0 Å². The lowest BCUT2D eigenvalue weighted by Gasteiger charge is -2.29. The molecule has 13 heavy (non-hydrogen) atoms. The van der Waals surface area contributed by atoms with Crippen LogP contribution in [-0.4, -0.2) is 25.2 Å². The molecule has 2 fully saturated rings. The molecule has 2 rings (SSSR count). The smallest absolute Gasteiger partial charge is 0.223 e. The summed E-state index contributed by atoms with van der Waals surface area (Å²) in [5.41, 5.74) is 0. The zero-order chi connectivity index (χ0) is 9.10. The number of carbonyl (C=O) groups excluding carboxylic acids is 1. The van der Waals surface area contributed by atoms with Crippen molar-refractivity contribution in [1.29, 1.82) is 0 Å². The van der Waals surface area contributed by atoms with Crippen molar-refractivity contribution in [3.05, 3.63) is 0 Å². The van der Waals surface area contributed by atoms with E-state index in [2.05, 4.69) is 5.32 Å². The minimum absolute atomic E-state index is 0.276. The molecule has 3 nitrogen and oxygen atoms in total. The van der Waals surface area contributed by atoms with Crippen LogP contribution < -0.4 is 5.32 Å². The van der Waals surface area contributed by atoms with Gasteiger partial charge in [0.25, 0.3) is 0 Å². The molecule has 1 saturated carbocycles. The second-order valence-electron chi connectivity index (χ2n) is 4.02. The standard InChI is InChI=1S/C10H17NO2/c12-10(8-2-1-3-8)11-9-4-6-13-7-5-9/h8-9H,1-7H2,(H,11,12). The zero-order valence-electron chi connectivity index (χ0n) is 7.92. The van der Waals surface area contributed by atoms with E-state index in [1.807, 2.05) is 0 Å². The van der Waals surface area contributed by atoms with Gasteiger partial charge in [0.1, 0.15) is 0 Å². The van der Waals surface area contributed by atoms with Crippen LogP contribution in [0.5, 0.6) is 0 Å². The average Bonchev–Trinajstić information content (AvgIpc) is 2.02. The van der Waals surface area contributed by atoms with Crippen molar-refractivity contribution in [2.24, 2.45) is 5.92 Å². The van der Waals surface area contributed by atoms with Gasteiger partial charge in [-0.15, -0.1) is 0 Å². The van der Waals surface area contributed by atoms with E-state index in [-0.39, 0.29) is 5.91 Å². The van der Waals surface area contributed by atoms with Crippen molar-refractivity contribution in [1.82, 2.24) is 5.32 Å². The van der Waals surface area contributed by atoms with Crippen molar-refractivity contribution < 1.29 is 9.53 Å². The fourth-order valence-electron chi connectivity index (χ4n) is 1.83. The Balaban J connectivity index is 1.72. The molecule has 1 saturated heterocycles. The first kappa shape index (κ1) is 9.00. The third-order valence-electron chi connectivity index (χ3n) is 3.04. The van der Waals surface area contributed by atoms with Crippen molar-refractivity contribution in [3.8, 4) is 0 Å². The topological polar surface area (TPSA) is 38.3 Å². The highest BCUT2D eigenvalue weighted by Gasteiger charge is 2.27. The molecule has 3 heteroatoms. The molecule has 2 aliphatic rings. The first-order valence-corrected chi connectivity index (χ1v) is 5.24. The summed E-state index contributed by atoms with van der Waals surface area (Å²) in [5, 5.41) is 3.10. The largest absolute Gasteiger partial charge is 0.381 e. The van der Waals surface area contributed by atoms with Crippen LogP contribution in [0.15, 0.2) is 0 Å². The third kappa shape index (κ3) is 2.21. The normalized spacial score (nSPS) is 25.2. The van der Waals surface area contributed by atoms with Gasteiger partial charge < -0.3 is 10.1 Å². The third-order valence-corrected chi connectivity index (χ3v) is 3.04. The summed E-state index contributed by atoms with van der Waals surface area (Å²) in [7, 11) is 0. The monoisotopic (exact) mass is 183 g/mol. The van der Waals surface area contributed by atoms with Crippen molar-refractivity contribution in [2.45, 2.75) is 38.1 Å². The summed E-state index contributed by atoms with van der Waals surface area (Å²) in [6.07, 6.45) is 5.38. The first-order chi connectivity index (χ1) is 6.36. The number of amides is 1. The van der Waals surface area contributed by atoms with Crippen molar-refractivity contribution >= 4 is 5.91 Å². The lowest BCUT2D eigenvalue weighted by atomic mass is 9.84. The van der Waals surface area contributed by atoms with Crippen LogP contribution in [0, 0.1) is 5.92 Å². The second-order valence-corrected chi connectivity index (χ2v) is 4.02. The van der Waals surface area contributed by atoms with Gasteiger partial charge in [0.2, 0.25) is 5.91 Å². The summed E-state index contributed by atoms with van der Waals surface area (Å²) in [6, 6.07) is 0.377. The molecule has 0 bridgehead atoms. The summed E-state index contributed by atoms with van der Waals surface area (Å²) in [4.78, 5) is 11.5. The molecule has 0 unspecified atom stereocenters. The molecule has 1 amide bonds. The van der Waals surface area contributed by atoms with E-state index in [0.717, 1.165) is 38.9 Å². The van der Waals surface area contributed by atoms with Gasteiger partial charge in [-0.25, -0.2) is 0 Å². The molecular weight excluding hydrogens is 166 g/mol. The lowest BCUT2D eigenvalue weighted by Crippen LogP contribution is -2.43. The van der Waals surface area contributed by atoms with Crippen molar-refractivity contribution in [3.63, 3.8) is 0 Å². The number of carbonyl (C=O) groups is 1. The molecule has 1 N–H and O–H groups in total. The Labute approximate surface area is 78.8 Å². The maximum absolute atomic E-state index is 11.5. The average molecular weight is 183 g/mol. The molecule has 0 aromatic rings. The predicted molar refractivity (Wildman–Crippen MR) is 49.3 cm³/mol. The SMILES string of the molecule is O=C(NC1CCOCC1)C1CCC1. The maximum Gasteiger partial charge on any atom is 0.223 e. The Morgan fingerprint density at radius 2 is 1.85 bits per heavy atom. The lowest BCUT2D eigenvalue weighted by molar-refractivity contribution is -0.128. The van der Waals surface area contributed by atoms with Crippen LogP contribution >= 0.6 is 0 Å². The summed E-state index contributed by atoms with van der Waals surface area (Å²) in [5.74, 6) is 0.598. The minimum Gasteiger partial charge on any atom is -0.381 e. The van der Waals surface area contributed by atoms with E-state index in [1.54, 1.807) is 0 Å². The molecule has 1 heterocycles. The Kier molecular flexibility index (Phi) is 2.83. The number of ether oxygens (including phenoxy) is 1. The minimum atomic E-state index is 0.276. The molecule has 0 aromatic heterocycles. The van der Waals surface area contributed by atoms with E-state index >= 15 is 0 Å². The number of hydrogen-bond acceptors (Lipinski definition) is 2. The Morgan fingerprint density at radius 1 is 1.15 bits per heavy atom. The van der Waals surface area contributed by atoms with Gasteiger partial charge in [-0.05, 0) is 25.7 Å². The van der Waals surface area contributed by atoms with Gasteiger partial charge >= 0.3 is 0 Å². The second kappa shape index (κ2) is 4.09. The molecule has 0 aromatic carbocycles. The zero-order valence-corrected chi connectivity index (χ0v) is 7.92. The number of hydrogen-bond donors (Lipinski definition) is 1. The first-order valence-electron chi connectivity index (χ1n) is 5.24. The summed E-state index contributed by atoms with van der Waals surface area (Å²) < 4.78 is 5.23. The molecular formula is C10H17NO2. The van der Waals surface area contributed by atoms with Crippen LogP contribution in [0.4, 0.5) is 0 Å². The van der Waals surface area contributed by atoms with Crippen LogP contribution in [0.25, 0.3) is 0 Å². The van der Waals surface area contributed by atoms with E-state index in [4.69, 9.17) is 4.74 Å². The van der Waals surface area contributed by atoms with Crippen LogP contribution in [-0.2, 0) is 9.53 Å². The molecule has 1 aliphatic carbocycles. The van der Waals surface area contributed by atoms with Crippen molar-refractivity contribution in [2.75, 3.05) is 13.2 Å². The van der Waals surface area contributed by atoms with E-state index in [0.29, 0.717) is 12.0 Å². The highest BCUT2D eigenvalue weighted by molar-refractivity contribution is 5.79. The van der Waals surface area contributed by atoms with Gasteiger partial charge in [0.05, 0.1) is 0 Å². The number of rotatable bonds is 2. The highest BCUT2D eigenvalue weighted by Crippen LogP contribution is 2.26. The fraction of sp³-hybridized carbons (Fsp3) is 0.900. The maximum atomic E-state index is 11.5. The predicted octanol–water partition coefficient (Wildman–Crippen LogP) is 1.08. The molecule has 0 atom stereocenters. The Bertz CT molecular complexity index is 183. The van der Waals surface area contributed by atoms with E-state index in [9.17, 15) is 4.79 Å². The molecule has 74 valence electrons.